The van der Waals surface area contributed by atoms with E-state index in [1.807, 2.05) is 24.3 Å². The highest BCUT2D eigenvalue weighted by atomic mass is 16.5. The molecule has 0 fully saturated rings. The van der Waals surface area contributed by atoms with Crippen LogP contribution in [0.15, 0.2) is 29.3 Å². The fraction of sp³-hybridized carbons (Fsp3) is 0.364. The van der Waals surface area contributed by atoms with Crippen LogP contribution in [0.4, 0.5) is 0 Å². The molecule has 0 aliphatic carbocycles. The Kier molecular flexibility index (Phi) is 1.83. The van der Waals surface area contributed by atoms with E-state index in [4.69, 9.17) is 4.74 Å². The first-order chi connectivity index (χ1) is 6.17. The predicted molar refractivity (Wildman–Crippen MR) is 51.8 cm³/mol. The molecule has 0 atom stereocenters. The summed E-state index contributed by atoms with van der Waals surface area (Å²) in [5.74, 6) is 0.749. The Morgan fingerprint density at radius 2 is 2.08 bits per heavy atom. The van der Waals surface area contributed by atoms with Crippen molar-refractivity contribution in [2.75, 3.05) is 6.61 Å². The lowest BCUT2D eigenvalue weighted by Gasteiger charge is -2.07. The van der Waals surface area contributed by atoms with Crippen molar-refractivity contribution < 1.29 is 4.74 Å². The van der Waals surface area contributed by atoms with E-state index in [1.54, 1.807) is 0 Å². The number of nitrogens with zero attached hydrogens (tertiary/aromatic N) is 1. The number of hydrogen-bond acceptors (Lipinski definition) is 2. The Labute approximate surface area is 78.3 Å². The third-order valence-corrected chi connectivity index (χ3v) is 1.93. The summed E-state index contributed by atoms with van der Waals surface area (Å²) in [6.45, 7) is 4.80. The van der Waals surface area contributed by atoms with Crippen LogP contribution in [0, 0.1) is 6.07 Å². The molecule has 1 aliphatic rings. The van der Waals surface area contributed by atoms with Crippen molar-refractivity contribution in [3.63, 3.8) is 0 Å². The number of hydrogen-bond donors (Lipinski definition) is 0. The predicted octanol–water partition coefficient (Wildman–Crippen LogP) is 2.04. The molecular formula is C11H12NO. The minimum absolute atomic E-state index is 0.0745. The lowest BCUT2D eigenvalue weighted by Crippen LogP contribution is -2.17. The lowest BCUT2D eigenvalue weighted by molar-refractivity contribution is 0.279. The molecule has 13 heavy (non-hydrogen) atoms. The van der Waals surface area contributed by atoms with Crippen molar-refractivity contribution in [1.29, 1.82) is 0 Å². The average molecular weight is 174 g/mol. The number of rotatable bonds is 1. The summed E-state index contributed by atoms with van der Waals surface area (Å²) in [7, 11) is 0. The summed E-state index contributed by atoms with van der Waals surface area (Å²) in [4.78, 5) is 4.47. The topological polar surface area (TPSA) is 21.6 Å². The minimum Gasteiger partial charge on any atom is -0.475 e. The van der Waals surface area contributed by atoms with E-state index in [9.17, 15) is 0 Å². The summed E-state index contributed by atoms with van der Waals surface area (Å²) in [6.07, 6.45) is 0. The molecule has 0 N–H and O–H groups in total. The molecule has 2 nitrogen and oxygen atoms in total. The third-order valence-electron chi connectivity index (χ3n) is 1.93. The van der Waals surface area contributed by atoms with Gasteiger partial charge in [0.15, 0.2) is 0 Å². The molecule has 0 spiro atoms. The smallest absolute Gasteiger partial charge is 0.216 e. The first-order valence-corrected chi connectivity index (χ1v) is 4.36. The fourth-order valence-corrected chi connectivity index (χ4v) is 1.26. The Hall–Kier alpha value is -1.31. The molecule has 2 heteroatoms. The van der Waals surface area contributed by atoms with Gasteiger partial charge in [-0.05, 0) is 32.0 Å². The van der Waals surface area contributed by atoms with Crippen LogP contribution in [-0.4, -0.2) is 18.0 Å². The Balaban J connectivity index is 2.30. The number of ether oxygens (including phenoxy) is 1. The summed E-state index contributed by atoms with van der Waals surface area (Å²) in [5, 5.41) is 0. The highest BCUT2D eigenvalue weighted by Gasteiger charge is 2.26. The van der Waals surface area contributed by atoms with Gasteiger partial charge in [0, 0.05) is 5.56 Å². The van der Waals surface area contributed by atoms with Crippen molar-refractivity contribution in [2.24, 2.45) is 4.99 Å². The second kappa shape index (κ2) is 2.87. The molecule has 1 heterocycles. The van der Waals surface area contributed by atoms with E-state index in [-0.39, 0.29) is 5.54 Å². The molecule has 0 bridgehead atoms. The van der Waals surface area contributed by atoms with Crippen LogP contribution in [-0.2, 0) is 4.74 Å². The van der Waals surface area contributed by atoms with E-state index in [2.05, 4.69) is 24.9 Å². The van der Waals surface area contributed by atoms with Gasteiger partial charge in [0.2, 0.25) is 5.90 Å². The van der Waals surface area contributed by atoms with E-state index in [0.717, 1.165) is 11.5 Å². The monoisotopic (exact) mass is 174 g/mol. The van der Waals surface area contributed by atoms with Gasteiger partial charge in [-0.2, -0.15) is 0 Å². The Morgan fingerprint density at radius 1 is 1.38 bits per heavy atom. The third kappa shape index (κ3) is 1.72. The van der Waals surface area contributed by atoms with E-state index in [1.165, 1.54) is 0 Å². The van der Waals surface area contributed by atoms with Gasteiger partial charge in [-0.3, -0.25) is 0 Å². The Morgan fingerprint density at radius 3 is 2.62 bits per heavy atom. The molecule has 2 rings (SSSR count). The standard InChI is InChI=1S/C11H12NO/c1-11(2)8-13-10(12-11)9-6-4-3-5-7-9/h4-7H,8H2,1-2H3. The van der Waals surface area contributed by atoms with E-state index in [0.29, 0.717) is 6.61 Å². The minimum atomic E-state index is -0.0745. The van der Waals surface area contributed by atoms with Crippen molar-refractivity contribution in [1.82, 2.24) is 0 Å². The van der Waals surface area contributed by atoms with Crippen molar-refractivity contribution in [3.05, 3.63) is 35.9 Å². The molecule has 0 saturated carbocycles. The van der Waals surface area contributed by atoms with Crippen LogP contribution in [0.25, 0.3) is 0 Å². The zero-order valence-corrected chi connectivity index (χ0v) is 7.87. The van der Waals surface area contributed by atoms with Crippen molar-refractivity contribution in [2.45, 2.75) is 19.4 Å². The van der Waals surface area contributed by atoms with Crippen LogP contribution < -0.4 is 0 Å². The van der Waals surface area contributed by atoms with Crippen LogP contribution in [0.3, 0.4) is 0 Å². The number of aliphatic imine (C=N–C) groups is 1. The van der Waals surface area contributed by atoms with E-state index >= 15 is 0 Å². The van der Waals surface area contributed by atoms with Gasteiger partial charge in [0.05, 0.1) is 5.54 Å². The maximum Gasteiger partial charge on any atom is 0.216 e. The van der Waals surface area contributed by atoms with E-state index < -0.39 is 0 Å². The van der Waals surface area contributed by atoms with Gasteiger partial charge in [0.25, 0.3) is 0 Å². The molecule has 1 aliphatic heterocycles. The van der Waals surface area contributed by atoms with Gasteiger partial charge in [0.1, 0.15) is 6.61 Å². The molecule has 67 valence electrons. The zero-order chi connectivity index (χ0) is 9.31. The van der Waals surface area contributed by atoms with Crippen molar-refractivity contribution >= 4 is 5.90 Å². The lowest BCUT2D eigenvalue weighted by atomic mass is 10.1. The van der Waals surface area contributed by atoms with Crippen LogP contribution in [0.5, 0.6) is 0 Å². The van der Waals surface area contributed by atoms with Gasteiger partial charge in [-0.1, -0.05) is 12.1 Å². The molecule has 1 aromatic carbocycles. The highest BCUT2D eigenvalue weighted by Crippen LogP contribution is 2.20. The molecule has 0 aromatic heterocycles. The molecule has 0 amide bonds. The molecule has 0 unspecified atom stereocenters. The van der Waals surface area contributed by atoms with Crippen molar-refractivity contribution in [3.8, 4) is 0 Å². The molecule has 1 aromatic rings. The molecular weight excluding hydrogens is 162 g/mol. The number of benzene rings is 1. The van der Waals surface area contributed by atoms with Gasteiger partial charge < -0.3 is 4.74 Å². The maximum atomic E-state index is 5.49. The van der Waals surface area contributed by atoms with Gasteiger partial charge in [-0.15, -0.1) is 0 Å². The summed E-state index contributed by atoms with van der Waals surface area (Å²) in [6, 6.07) is 10.6. The first kappa shape index (κ1) is 8.30. The zero-order valence-electron chi connectivity index (χ0n) is 7.87. The van der Waals surface area contributed by atoms with Crippen LogP contribution in [0.2, 0.25) is 0 Å². The fourth-order valence-electron chi connectivity index (χ4n) is 1.26. The summed E-state index contributed by atoms with van der Waals surface area (Å²) >= 11 is 0. The highest BCUT2D eigenvalue weighted by molar-refractivity contribution is 5.95. The average Bonchev–Trinajstić information content (AvgIpc) is 2.48. The van der Waals surface area contributed by atoms with Crippen LogP contribution in [0.1, 0.15) is 19.4 Å². The Bertz CT molecular complexity index is 327. The summed E-state index contributed by atoms with van der Waals surface area (Å²) in [5.41, 5.74) is 0.957. The SMILES string of the molecule is CC1(C)COC(c2cc[c]cc2)=N1. The molecule has 0 saturated heterocycles. The summed E-state index contributed by atoms with van der Waals surface area (Å²) < 4.78 is 5.49. The van der Waals surface area contributed by atoms with Crippen LogP contribution >= 0.6 is 0 Å². The maximum absolute atomic E-state index is 5.49. The normalized spacial score (nSPS) is 19.4. The second-order valence-electron chi connectivity index (χ2n) is 3.81. The quantitative estimate of drug-likeness (QED) is 0.638. The largest absolute Gasteiger partial charge is 0.475 e. The van der Waals surface area contributed by atoms with Gasteiger partial charge >= 0.3 is 0 Å². The second-order valence-corrected chi connectivity index (χ2v) is 3.81. The first-order valence-electron chi connectivity index (χ1n) is 4.36. The molecule has 1 radical (unpaired) electrons. The van der Waals surface area contributed by atoms with Gasteiger partial charge in [-0.25, -0.2) is 4.99 Å².